The van der Waals surface area contributed by atoms with Crippen molar-refractivity contribution in [3.63, 3.8) is 0 Å². The Bertz CT molecular complexity index is 290. The lowest BCUT2D eigenvalue weighted by atomic mass is 10.0. The zero-order valence-corrected chi connectivity index (χ0v) is 11.2. The maximum absolute atomic E-state index is 11.2. The molecule has 4 nitrogen and oxygen atoms in total. The quantitative estimate of drug-likeness (QED) is 0.718. The minimum absolute atomic E-state index is 0.174. The summed E-state index contributed by atoms with van der Waals surface area (Å²) in [5.74, 6) is 0.174. The van der Waals surface area contributed by atoms with E-state index in [0.29, 0.717) is 12.6 Å². The predicted molar refractivity (Wildman–Crippen MR) is 67.0 cm³/mol. The number of hydrogen-bond acceptors (Lipinski definition) is 3. The molecular weight excluding hydrogens is 224 g/mol. The van der Waals surface area contributed by atoms with Crippen LogP contribution in [0.4, 0.5) is 0 Å². The smallest absolute Gasteiger partial charge is 0.211 e. The van der Waals surface area contributed by atoms with Crippen LogP contribution in [-0.2, 0) is 10.0 Å². The van der Waals surface area contributed by atoms with Crippen LogP contribution in [-0.4, -0.2) is 44.7 Å². The van der Waals surface area contributed by atoms with Gasteiger partial charge >= 0.3 is 0 Å². The van der Waals surface area contributed by atoms with Crippen LogP contribution in [0, 0.1) is 0 Å². The topological polar surface area (TPSA) is 49.4 Å². The molecule has 5 heteroatoms. The molecule has 1 saturated heterocycles. The third-order valence-electron chi connectivity index (χ3n) is 3.26. The second kappa shape index (κ2) is 6.57. The number of nitrogens with one attached hydrogen (secondary N) is 1. The highest BCUT2D eigenvalue weighted by Gasteiger charge is 2.17. The summed E-state index contributed by atoms with van der Waals surface area (Å²) in [4.78, 5) is 2.46. The highest BCUT2D eigenvalue weighted by atomic mass is 32.2. The Morgan fingerprint density at radius 1 is 1.38 bits per heavy atom. The van der Waals surface area contributed by atoms with Crippen molar-refractivity contribution in [2.24, 2.45) is 0 Å². The molecule has 1 unspecified atom stereocenters. The average Bonchev–Trinajstić information content (AvgIpc) is 2.27. The van der Waals surface area contributed by atoms with Crippen LogP contribution in [0.1, 0.15) is 39.5 Å². The third kappa shape index (κ3) is 4.80. The number of rotatable bonds is 6. The van der Waals surface area contributed by atoms with E-state index in [-0.39, 0.29) is 5.75 Å². The van der Waals surface area contributed by atoms with Gasteiger partial charge in [0.2, 0.25) is 10.0 Å². The van der Waals surface area contributed by atoms with Gasteiger partial charge in [0.15, 0.2) is 0 Å². The van der Waals surface area contributed by atoms with Crippen molar-refractivity contribution in [2.75, 3.05) is 25.4 Å². The molecule has 0 aromatic carbocycles. The molecule has 1 atom stereocenters. The molecule has 1 aliphatic rings. The highest BCUT2D eigenvalue weighted by Crippen LogP contribution is 2.15. The molecule has 0 amide bonds. The van der Waals surface area contributed by atoms with Gasteiger partial charge in [-0.15, -0.1) is 0 Å². The Kier molecular flexibility index (Phi) is 5.72. The third-order valence-corrected chi connectivity index (χ3v) is 4.67. The van der Waals surface area contributed by atoms with Crippen molar-refractivity contribution >= 4 is 10.0 Å². The van der Waals surface area contributed by atoms with Crippen molar-refractivity contribution in [2.45, 2.75) is 45.6 Å². The number of sulfonamides is 1. The molecule has 0 aromatic heterocycles. The van der Waals surface area contributed by atoms with E-state index in [2.05, 4.69) is 16.5 Å². The summed E-state index contributed by atoms with van der Waals surface area (Å²) >= 11 is 0. The maximum atomic E-state index is 11.2. The van der Waals surface area contributed by atoms with Crippen LogP contribution in [0.5, 0.6) is 0 Å². The van der Waals surface area contributed by atoms with Gasteiger partial charge in [0.25, 0.3) is 0 Å². The van der Waals surface area contributed by atoms with Crippen LogP contribution in [0.3, 0.4) is 0 Å². The van der Waals surface area contributed by atoms with Gasteiger partial charge in [-0.3, -0.25) is 0 Å². The summed E-state index contributed by atoms with van der Waals surface area (Å²) in [6, 6.07) is 0.663. The molecular formula is C11H24N2O2S. The van der Waals surface area contributed by atoms with Crippen LogP contribution in [0.15, 0.2) is 0 Å². The van der Waals surface area contributed by atoms with E-state index >= 15 is 0 Å². The first-order valence-corrected chi connectivity index (χ1v) is 7.92. The molecule has 0 saturated carbocycles. The summed E-state index contributed by atoms with van der Waals surface area (Å²) in [5.41, 5.74) is 0. The monoisotopic (exact) mass is 248 g/mol. The molecule has 1 heterocycles. The van der Waals surface area contributed by atoms with E-state index in [1.54, 1.807) is 6.92 Å². The van der Waals surface area contributed by atoms with E-state index in [1.807, 2.05) is 0 Å². The molecule has 0 bridgehead atoms. The normalized spacial score (nSPS) is 23.5. The Morgan fingerprint density at radius 2 is 2.12 bits per heavy atom. The van der Waals surface area contributed by atoms with Gasteiger partial charge in [0.05, 0.1) is 5.75 Å². The molecule has 1 fully saturated rings. The first-order chi connectivity index (χ1) is 7.55. The van der Waals surface area contributed by atoms with Crippen LogP contribution in [0.25, 0.3) is 0 Å². The van der Waals surface area contributed by atoms with Crippen molar-refractivity contribution in [3.8, 4) is 0 Å². The minimum Gasteiger partial charge on any atom is -0.301 e. The molecule has 1 N–H and O–H groups in total. The summed E-state index contributed by atoms with van der Waals surface area (Å²) in [7, 11) is -3.00. The molecule has 16 heavy (non-hydrogen) atoms. The standard InChI is InChI=1S/C11H24N2O2S/c1-3-16(14,15)12-8-6-10-13-9-5-4-7-11(13)2/h11-12H,3-10H2,1-2H3. The summed E-state index contributed by atoms with van der Waals surface area (Å²) in [6.45, 7) is 6.67. The number of likely N-dealkylation sites (tertiary alicyclic amines) is 1. The highest BCUT2D eigenvalue weighted by molar-refractivity contribution is 7.89. The van der Waals surface area contributed by atoms with Gasteiger partial charge in [-0.1, -0.05) is 6.42 Å². The zero-order chi connectivity index (χ0) is 12.0. The van der Waals surface area contributed by atoms with Crippen LogP contribution < -0.4 is 4.72 Å². The van der Waals surface area contributed by atoms with Crippen molar-refractivity contribution in [1.29, 1.82) is 0 Å². The Morgan fingerprint density at radius 3 is 2.75 bits per heavy atom. The van der Waals surface area contributed by atoms with Gasteiger partial charge in [-0.2, -0.15) is 0 Å². The lowest BCUT2D eigenvalue weighted by Gasteiger charge is -2.33. The van der Waals surface area contributed by atoms with E-state index in [9.17, 15) is 8.42 Å². The first kappa shape index (κ1) is 13.9. The fourth-order valence-electron chi connectivity index (χ4n) is 2.10. The van der Waals surface area contributed by atoms with Gasteiger partial charge in [0.1, 0.15) is 0 Å². The zero-order valence-electron chi connectivity index (χ0n) is 10.4. The van der Waals surface area contributed by atoms with Gasteiger partial charge in [-0.05, 0) is 46.2 Å². The molecule has 0 aliphatic carbocycles. The lowest BCUT2D eigenvalue weighted by Crippen LogP contribution is -2.39. The Hall–Kier alpha value is -0.130. The Labute approximate surface area is 99.5 Å². The Balaban J connectivity index is 2.15. The van der Waals surface area contributed by atoms with Crippen molar-refractivity contribution in [3.05, 3.63) is 0 Å². The SMILES string of the molecule is CCS(=O)(=O)NCCCN1CCCCC1C. The fourth-order valence-corrected chi connectivity index (χ4v) is 2.76. The van der Waals surface area contributed by atoms with Gasteiger partial charge in [0, 0.05) is 12.6 Å². The minimum atomic E-state index is -3.00. The van der Waals surface area contributed by atoms with E-state index in [0.717, 1.165) is 13.0 Å². The molecule has 0 spiro atoms. The van der Waals surface area contributed by atoms with E-state index in [1.165, 1.54) is 25.8 Å². The van der Waals surface area contributed by atoms with Crippen LogP contribution in [0.2, 0.25) is 0 Å². The van der Waals surface area contributed by atoms with E-state index < -0.39 is 10.0 Å². The predicted octanol–water partition coefficient (Wildman–Crippen LogP) is 1.19. The summed E-state index contributed by atoms with van der Waals surface area (Å²) in [5, 5.41) is 0. The van der Waals surface area contributed by atoms with Crippen molar-refractivity contribution in [1.82, 2.24) is 9.62 Å². The lowest BCUT2D eigenvalue weighted by molar-refractivity contribution is 0.159. The molecule has 0 aromatic rings. The van der Waals surface area contributed by atoms with Gasteiger partial charge in [-0.25, -0.2) is 13.1 Å². The molecule has 0 radical (unpaired) electrons. The maximum Gasteiger partial charge on any atom is 0.211 e. The number of nitrogens with zero attached hydrogens (tertiary/aromatic N) is 1. The summed E-state index contributed by atoms with van der Waals surface area (Å²) in [6.07, 6.45) is 4.80. The molecule has 1 rings (SSSR count). The molecule has 96 valence electrons. The summed E-state index contributed by atoms with van der Waals surface area (Å²) < 4.78 is 25.0. The van der Waals surface area contributed by atoms with Gasteiger partial charge < -0.3 is 4.90 Å². The van der Waals surface area contributed by atoms with E-state index in [4.69, 9.17) is 0 Å². The average molecular weight is 248 g/mol. The fraction of sp³-hybridized carbons (Fsp3) is 1.00. The van der Waals surface area contributed by atoms with Crippen molar-refractivity contribution < 1.29 is 8.42 Å². The number of piperidine rings is 1. The molecule has 1 aliphatic heterocycles. The first-order valence-electron chi connectivity index (χ1n) is 6.26. The second-order valence-electron chi connectivity index (χ2n) is 4.53. The second-order valence-corrected chi connectivity index (χ2v) is 6.63. The van der Waals surface area contributed by atoms with Crippen LogP contribution >= 0.6 is 0 Å². The number of hydrogen-bond donors (Lipinski definition) is 1. The largest absolute Gasteiger partial charge is 0.301 e.